The Morgan fingerprint density at radius 3 is 2.12 bits per heavy atom. The lowest BCUT2D eigenvalue weighted by Crippen LogP contribution is -2.04. The molecule has 0 atom stereocenters. The van der Waals surface area contributed by atoms with Crippen LogP contribution in [0.2, 0.25) is 0 Å². The second kappa shape index (κ2) is 12.0. The smallest absolute Gasteiger partial charge is 0.199 e. The van der Waals surface area contributed by atoms with Crippen LogP contribution in [0.5, 0.6) is 0 Å². The van der Waals surface area contributed by atoms with Gasteiger partial charge >= 0.3 is 0 Å². The predicted octanol–water partition coefficient (Wildman–Crippen LogP) is 6.92. The summed E-state index contributed by atoms with van der Waals surface area (Å²) in [6.45, 7) is 2.26. The van der Waals surface area contributed by atoms with Crippen molar-refractivity contribution < 1.29 is 4.39 Å². The van der Waals surface area contributed by atoms with Gasteiger partial charge < -0.3 is 0 Å². The summed E-state index contributed by atoms with van der Waals surface area (Å²) in [6.07, 6.45) is 15.2. The number of aromatic amines is 1. The number of halogens is 1. The Balaban J connectivity index is 1.67. The highest BCUT2D eigenvalue weighted by atomic mass is 32.1. The summed E-state index contributed by atoms with van der Waals surface area (Å²) in [5.41, 5.74) is 0.476. The summed E-state index contributed by atoms with van der Waals surface area (Å²) in [5, 5.41) is 7.10. The zero-order valence-corrected chi connectivity index (χ0v) is 16.8. The van der Waals surface area contributed by atoms with E-state index in [9.17, 15) is 4.39 Å². The van der Waals surface area contributed by atoms with Crippen molar-refractivity contribution in [2.45, 2.75) is 84.0 Å². The number of unbranched alkanes of at least 4 members (excludes halogenated alkanes) is 10. The molecule has 0 spiro atoms. The number of nitrogens with one attached hydrogen (secondary N) is 1. The number of H-pyrrole nitrogens is 1. The Bertz CT molecular complexity index is 693. The largest absolute Gasteiger partial charge is 0.269 e. The number of nitrogens with zero attached hydrogens (tertiary/aromatic N) is 2. The number of aryl methyl sites for hydroxylation is 1. The second-order valence-electron chi connectivity index (χ2n) is 7.02. The van der Waals surface area contributed by atoms with E-state index < -0.39 is 0 Å². The maximum atomic E-state index is 14.1. The highest BCUT2D eigenvalue weighted by molar-refractivity contribution is 7.71. The standard InChI is InChI=1S/C21H32FN3S/c1-2-3-4-5-6-7-8-9-10-11-12-17-20-23-24-21(26)25(20)19-16-14-13-15-18(19)22/h13-16H,2-12,17H2,1H3,(H,24,26). The number of benzene rings is 1. The van der Waals surface area contributed by atoms with E-state index in [-0.39, 0.29) is 5.82 Å². The minimum Gasteiger partial charge on any atom is -0.269 e. The monoisotopic (exact) mass is 377 g/mol. The second-order valence-corrected chi connectivity index (χ2v) is 7.40. The summed E-state index contributed by atoms with van der Waals surface area (Å²) < 4.78 is 16.2. The van der Waals surface area contributed by atoms with Crippen molar-refractivity contribution in [2.75, 3.05) is 0 Å². The molecule has 3 nitrogen and oxygen atoms in total. The van der Waals surface area contributed by atoms with Crippen LogP contribution in [0.15, 0.2) is 24.3 Å². The minimum atomic E-state index is -0.273. The summed E-state index contributed by atoms with van der Waals surface area (Å²) in [6, 6.07) is 6.70. The van der Waals surface area contributed by atoms with Crippen molar-refractivity contribution >= 4 is 12.2 Å². The Morgan fingerprint density at radius 1 is 0.923 bits per heavy atom. The minimum absolute atomic E-state index is 0.273. The van der Waals surface area contributed by atoms with Crippen LogP contribution in [-0.2, 0) is 6.42 Å². The maximum Gasteiger partial charge on any atom is 0.199 e. The first kappa shape index (κ1) is 20.8. The van der Waals surface area contributed by atoms with E-state index in [4.69, 9.17) is 12.2 Å². The van der Waals surface area contributed by atoms with Crippen LogP contribution in [-0.4, -0.2) is 14.8 Å². The third-order valence-electron chi connectivity index (χ3n) is 4.84. The lowest BCUT2D eigenvalue weighted by molar-refractivity contribution is 0.546. The van der Waals surface area contributed by atoms with E-state index in [1.54, 1.807) is 16.7 Å². The van der Waals surface area contributed by atoms with Gasteiger partial charge in [-0.3, -0.25) is 9.67 Å². The van der Waals surface area contributed by atoms with E-state index >= 15 is 0 Å². The molecule has 144 valence electrons. The van der Waals surface area contributed by atoms with Crippen LogP contribution in [0, 0.1) is 10.6 Å². The lowest BCUT2D eigenvalue weighted by Gasteiger charge is -2.08. The van der Waals surface area contributed by atoms with Gasteiger partial charge in [0.15, 0.2) is 4.77 Å². The van der Waals surface area contributed by atoms with Gasteiger partial charge in [0, 0.05) is 6.42 Å². The molecule has 0 aliphatic rings. The van der Waals surface area contributed by atoms with Crippen LogP contribution in [0.1, 0.15) is 83.4 Å². The topological polar surface area (TPSA) is 33.6 Å². The van der Waals surface area contributed by atoms with E-state index in [1.807, 2.05) is 6.07 Å². The molecule has 0 amide bonds. The van der Waals surface area contributed by atoms with Gasteiger partial charge in [-0.05, 0) is 30.8 Å². The van der Waals surface area contributed by atoms with Crippen molar-refractivity contribution in [3.8, 4) is 5.69 Å². The number of aromatic nitrogens is 3. The Morgan fingerprint density at radius 2 is 1.50 bits per heavy atom. The van der Waals surface area contributed by atoms with Crippen molar-refractivity contribution in [2.24, 2.45) is 0 Å². The first-order chi connectivity index (χ1) is 12.7. The molecule has 0 saturated carbocycles. The highest BCUT2D eigenvalue weighted by Crippen LogP contribution is 2.17. The van der Waals surface area contributed by atoms with Gasteiger partial charge in [0.2, 0.25) is 0 Å². The van der Waals surface area contributed by atoms with Crippen molar-refractivity contribution in [3.63, 3.8) is 0 Å². The number of hydrogen-bond acceptors (Lipinski definition) is 2. The Hall–Kier alpha value is -1.49. The molecule has 0 bridgehead atoms. The molecule has 0 radical (unpaired) electrons. The average molecular weight is 378 g/mol. The van der Waals surface area contributed by atoms with E-state index in [2.05, 4.69) is 17.1 Å². The summed E-state index contributed by atoms with van der Waals surface area (Å²) in [7, 11) is 0. The number of rotatable bonds is 13. The summed E-state index contributed by atoms with van der Waals surface area (Å²) in [5.74, 6) is 0.543. The Kier molecular flexibility index (Phi) is 9.61. The molecular formula is C21H32FN3S. The summed E-state index contributed by atoms with van der Waals surface area (Å²) in [4.78, 5) is 0. The van der Waals surface area contributed by atoms with Crippen LogP contribution >= 0.6 is 12.2 Å². The molecule has 0 unspecified atom stereocenters. The van der Waals surface area contributed by atoms with Gasteiger partial charge in [-0.15, -0.1) is 0 Å². The molecule has 1 N–H and O–H groups in total. The first-order valence-electron chi connectivity index (χ1n) is 10.1. The molecule has 0 aliphatic carbocycles. The fourth-order valence-corrected chi connectivity index (χ4v) is 3.58. The molecule has 0 aliphatic heterocycles. The number of hydrogen-bond donors (Lipinski definition) is 1. The van der Waals surface area contributed by atoms with Crippen molar-refractivity contribution in [1.82, 2.24) is 14.8 Å². The molecular weight excluding hydrogens is 345 g/mol. The van der Waals surface area contributed by atoms with Gasteiger partial charge in [0.05, 0.1) is 5.69 Å². The molecule has 2 rings (SSSR count). The summed E-state index contributed by atoms with van der Waals surface area (Å²) >= 11 is 5.28. The molecule has 2 aromatic rings. The molecule has 5 heteroatoms. The van der Waals surface area contributed by atoms with E-state index in [0.29, 0.717) is 10.5 Å². The van der Waals surface area contributed by atoms with Crippen molar-refractivity contribution in [1.29, 1.82) is 0 Å². The van der Waals surface area contributed by atoms with Crippen LogP contribution in [0.3, 0.4) is 0 Å². The van der Waals surface area contributed by atoms with E-state index in [0.717, 1.165) is 18.7 Å². The van der Waals surface area contributed by atoms with Gasteiger partial charge in [-0.25, -0.2) is 4.39 Å². The highest BCUT2D eigenvalue weighted by Gasteiger charge is 2.11. The normalized spacial score (nSPS) is 11.2. The lowest BCUT2D eigenvalue weighted by atomic mass is 10.1. The van der Waals surface area contributed by atoms with E-state index in [1.165, 1.54) is 70.3 Å². The third-order valence-corrected chi connectivity index (χ3v) is 5.11. The van der Waals surface area contributed by atoms with Crippen LogP contribution in [0.25, 0.3) is 5.69 Å². The quantitative estimate of drug-likeness (QED) is 0.303. The third kappa shape index (κ3) is 6.67. The fraction of sp³-hybridized carbons (Fsp3) is 0.619. The average Bonchev–Trinajstić information content (AvgIpc) is 3.00. The molecule has 1 heterocycles. The van der Waals surface area contributed by atoms with Crippen LogP contribution < -0.4 is 0 Å². The predicted molar refractivity (Wildman–Crippen MR) is 109 cm³/mol. The molecule has 0 fully saturated rings. The molecule has 1 aromatic heterocycles. The van der Waals surface area contributed by atoms with Crippen LogP contribution in [0.4, 0.5) is 4.39 Å². The Labute approximate surface area is 162 Å². The molecule has 0 saturated heterocycles. The van der Waals surface area contributed by atoms with Gasteiger partial charge in [0.1, 0.15) is 11.6 Å². The maximum absolute atomic E-state index is 14.1. The zero-order chi connectivity index (χ0) is 18.6. The fourth-order valence-electron chi connectivity index (χ4n) is 3.33. The molecule has 26 heavy (non-hydrogen) atoms. The number of para-hydroxylation sites is 1. The van der Waals surface area contributed by atoms with Gasteiger partial charge in [-0.1, -0.05) is 83.3 Å². The zero-order valence-electron chi connectivity index (χ0n) is 16.0. The first-order valence-corrected chi connectivity index (χ1v) is 10.6. The van der Waals surface area contributed by atoms with Gasteiger partial charge in [0.25, 0.3) is 0 Å². The SMILES string of the molecule is CCCCCCCCCCCCCc1n[nH]c(=S)n1-c1ccccc1F. The molecule has 1 aromatic carbocycles. The van der Waals surface area contributed by atoms with Crippen molar-refractivity contribution in [3.05, 3.63) is 40.7 Å². The van der Waals surface area contributed by atoms with Gasteiger partial charge in [-0.2, -0.15) is 5.10 Å².